The number of aliphatic hydroxyl groups excluding tert-OH is 1. The molecule has 1 rings (SSSR count). The highest BCUT2D eigenvalue weighted by molar-refractivity contribution is 6.67. The number of anilines is 1. The highest BCUT2D eigenvalue weighted by Gasteiger charge is 2.24. The van der Waals surface area contributed by atoms with Gasteiger partial charge in [-0.25, -0.2) is 0 Å². The van der Waals surface area contributed by atoms with Gasteiger partial charge in [-0.15, -0.1) is 0 Å². The summed E-state index contributed by atoms with van der Waals surface area (Å²) in [4.78, 5) is 11.8. The number of rotatable bonds is 4. The highest BCUT2D eigenvalue weighted by atomic mass is 35.6. The van der Waals surface area contributed by atoms with E-state index in [-0.39, 0.29) is 0 Å². The molecule has 1 aromatic rings. The number of ether oxygens (including phenoxy) is 1. The quantitative estimate of drug-likeness (QED) is 0.383. The molecule has 0 aliphatic rings. The number of carbonyl (C=O) groups is 1. The fourth-order valence-corrected chi connectivity index (χ4v) is 1.30. The summed E-state index contributed by atoms with van der Waals surface area (Å²) in [6, 6.07) is 9.92. The Labute approximate surface area is 130 Å². The fraction of sp³-hybridized carbons (Fsp3) is 0.167. The van der Waals surface area contributed by atoms with Crippen LogP contribution in [0.3, 0.4) is 0 Å². The molecule has 0 fully saturated rings. The molecule has 0 atom stereocenters. The second-order valence-corrected chi connectivity index (χ2v) is 6.03. The van der Waals surface area contributed by atoms with Gasteiger partial charge < -0.3 is 15.2 Å². The molecule has 0 heterocycles. The SMILES string of the molecule is N#C/C(C(=O)Nc1ccccc1)=C(\O)OCC(Cl)(Cl)Cl. The van der Waals surface area contributed by atoms with E-state index in [0.717, 1.165) is 0 Å². The second kappa shape index (κ2) is 7.25. The Morgan fingerprint density at radius 2 is 1.95 bits per heavy atom. The molecule has 0 aliphatic heterocycles. The number of para-hydroxylation sites is 1. The number of benzene rings is 1. The summed E-state index contributed by atoms with van der Waals surface area (Å²) in [5, 5.41) is 20.8. The van der Waals surface area contributed by atoms with Gasteiger partial charge in [-0.3, -0.25) is 4.79 Å². The number of aliphatic hydroxyl groups is 1. The number of hydrogen-bond acceptors (Lipinski definition) is 4. The van der Waals surface area contributed by atoms with Crippen molar-refractivity contribution >= 4 is 46.4 Å². The van der Waals surface area contributed by atoms with E-state index >= 15 is 0 Å². The zero-order valence-corrected chi connectivity index (χ0v) is 12.2. The zero-order chi connectivity index (χ0) is 15.2. The molecule has 0 aliphatic carbocycles. The number of nitrogens with one attached hydrogen (secondary N) is 1. The molecule has 20 heavy (non-hydrogen) atoms. The van der Waals surface area contributed by atoms with Crippen molar-refractivity contribution in [1.29, 1.82) is 5.26 Å². The summed E-state index contributed by atoms with van der Waals surface area (Å²) in [7, 11) is 0. The molecule has 0 unspecified atom stereocenters. The van der Waals surface area contributed by atoms with E-state index in [2.05, 4.69) is 10.1 Å². The summed E-state index contributed by atoms with van der Waals surface area (Å²) in [5.74, 6) is -1.74. The molecule has 0 radical (unpaired) electrons. The number of amides is 1. The molecule has 2 N–H and O–H groups in total. The van der Waals surface area contributed by atoms with Crippen LogP contribution in [0, 0.1) is 11.3 Å². The van der Waals surface area contributed by atoms with Crippen LogP contribution in [-0.2, 0) is 9.53 Å². The van der Waals surface area contributed by atoms with Crippen LogP contribution in [0.1, 0.15) is 0 Å². The molecule has 0 saturated carbocycles. The van der Waals surface area contributed by atoms with Gasteiger partial charge in [0.2, 0.25) is 3.79 Å². The average Bonchev–Trinajstić information content (AvgIpc) is 2.37. The van der Waals surface area contributed by atoms with Gasteiger partial charge in [0, 0.05) is 5.69 Å². The first-order valence-electron chi connectivity index (χ1n) is 5.23. The third-order valence-corrected chi connectivity index (χ3v) is 2.28. The molecule has 0 spiro atoms. The standard InChI is InChI=1S/C12H9Cl3N2O3/c13-12(14,15)7-20-11(19)9(6-16)10(18)17-8-4-2-1-3-5-8/h1-5,19H,7H2,(H,17,18)/b11-9-. The summed E-state index contributed by atoms with van der Waals surface area (Å²) in [5.41, 5.74) is -0.164. The van der Waals surface area contributed by atoms with Crippen molar-refractivity contribution in [2.75, 3.05) is 11.9 Å². The summed E-state index contributed by atoms with van der Waals surface area (Å²) in [6.45, 7) is -0.507. The normalized spacial score (nSPS) is 12.1. The van der Waals surface area contributed by atoms with Gasteiger partial charge in [0.25, 0.3) is 5.91 Å². The van der Waals surface area contributed by atoms with Gasteiger partial charge in [0.15, 0.2) is 5.57 Å². The maximum atomic E-state index is 11.8. The van der Waals surface area contributed by atoms with E-state index in [4.69, 9.17) is 40.1 Å². The van der Waals surface area contributed by atoms with Crippen molar-refractivity contribution in [3.05, 3.63) is 41.9 Å². The third kappa shape index (κ3) is 5.57. The molecule has 8 heteroatoms. The maximum Gasteiger partial charge on any atom is 0.301 e. The van der Waals surface area contributed by atoms with Crippen LogP contribution in [-0.4, -0.2) is 21.4 Å². The molecule has 0 saturated heterocycles. The summed E-state index contributed by atoms with van der Waals surface area (Å²) in [6.07, 6.45) is 0. The minimum absolute atomic E-state index is 0.458. The smallest absolute Gasteiger partial charge is 0.301 e. The van der Waals surface area contributed by atoms with E-state index in [1.54, 1.807) is 30.3 Å². The van der Waals surface area contributed by atoms with Crippen LogP contribution in [0.25, 0.3) is 0 Å². The van der Waals surface area contributed by atoms with Gasteiger partial charge in [-0.2, -0.15) is 5.26 Å². The number of nitrogens with zero attached hydrogens (tertiary/aromatic N) is 1. The van der Waals surface area contributed by atoms with Crippen LogP contribution >= 0.6 is 34.8 Å². The van der Waals surface area contributed by atoms with Gasteiger partial charge in [-0.05, 0) is 12.1 Å². The van der Waals surface area contributed by atoms with Crippen LogP contribution in [0.2, 0.25) is 0 Å². The number of alkyl halides is 3. The Hall–Kier alpha value is -1.61. The lowest BCUT2D eigenvalue weighted by Crippen LogP contribution is -2.18. The van der Waals surface area contributed by atoms with Crippen molar-refractivity contribution in [3.8, 4) is 6.07 Å². The molecule has 1 aromatic carbocycles. The predicted octanol–water partition coefficient (Wildman–Crippen LogP) is 3.31. The Bertz CT molecular complexity index is 547. The zero-order valence-electron chi connectivity index (χ0n) is 9.94. The Balaban J connectivity index is 2.79. The van der Waals surface area contributed by atoms with Crippen molar-refractivity contribution in [1.82, 2.24) is 0 Å². The molecule has 0 aromatic heterocycles. The van der Waals surface area contributed by atoms with Crippen LogP contribution in [0.15, 0.2) is 41.9 Å². The van der Waals surface area contributed by atoms with Crippen molar-refractivity contribution in [3.63, 3.8) is 0 Å². The average molecular weight is 336 g/mol. The first-order chi connectivity index (χ1) is 9.33. The topological polar surface area (TPSA) is 82.4 Å². The molecular formula is C12H9Cl3N2O3. The van der Waals surface area contributed by atoms with E-state index in [9.17, 15) is 9.90 Å². The summed E-state index contributed by atoms with van der Waals surface area (Å²) >= 11 is 16.3. The monoisotopic (exact) mass is 334 g/mol. The van der Waals surface area contributed by atoms with Crippen molar-refractivity contribution in [2.24, 2.45) is 0 Å². The van der Waals surface area contributed by atoms with Crippen LogP contribution in [0.5, 0.6) is 0 Å². The molecule has 0 bridgehead atoms. The second-order valence-electron chi connectivity index (χ2n) is 3.52. The third-order valence-electron chi connectivity index (χ3n) is 1.96. The van der Waals surface area contributed by atoms with Gasteiger partial charge >= 0.3 is 5.95 Å². The van der Waals surface area contributed by atoms with Crippen LogP contribution in [0.4, 0.5) is 5.69 Å². The van der Waals surface area contributed by atoms with E-state index in [1.807, 2.05) is 0 Å². The minimum Gasteiger partial charge on any atom is -0.480 e. The van der Waals surface area contributed by atoms with Gasteiger partial charge in [0.1, 0.15) is 12.7 Å². The minimum atomic E-state index is -1.77. The number of nitriles is 1. The highest BCUT2D eigenvalue weighted by Crippen LogP contribution is 2.27. The van der Waals surface area contributed by atoms with E-state index in [0.29, 0.717) is 5.69 Å². The van der Waals surface area contributed by atoms with Crippen molar-refractivity contribution < 1.29 is 14.6 Å². The number of carbonyl (C=O) groups excluding carboxylic acids is 1. The fourth-order valence-electron chi connectivity index (χ4n) is 1.13. The largest absolute Gasteiger partial charge is 0.480 e. The lowest BCUT2D eigenvalue weighted by Gasteiger charge is -2.12. The Morgan fingerprint density at radius 3 is 2.45 bits per heavy atom. The number of halogens is 3. The summed E-state index contributed by atoms with van der Waals surface area (Å²) < 4.78 is 2.90. The lowest BCUT2D eigenvalue weighted by molar-refractivity contribution is -0.113. The van der Waals surface area contributed by atoms with Crippen LogP contribution < -0.4 is 5.32 Å². The predicted molar refractivity (Wildman–Crippen MR) is 76.6 cm³/mol. The lowest BCUT2D eigenvalue weighted by atomic mass is 10.2. The van der Waals surface area contributed by atoms with E-state index in [1.165, 1.54) is 6.07 Å². The first kappa shape index (κ1) is 16.4. The van der Waals surface area contributed by atoms with Gasteiger partial charge in [0.05, 0.1) is 0 Å². The molecular weight excluding hydrogens is 327 g/mol. The molecule has 1 amide bonds. The Kier molecular flexibility index (Phi) is 5.96. The van der Waals surface area contributed by atoms with Gasteiger partial charge in [-0.1, -0.05) is 53.0 Å². The van der Waals surface area contributed by atoms with E-state index < -0.39 is 27.8 Å². The van der Waals surface area contributed by atoms with Crippen molar-refractivity contribution in [2.45, 2.75) is 3.79 Å². The number of hydrogen-bond donors (Lipinski definition) is 2. The Morgan fingerprint density at radius 1 is 1.35 bits per heavy atom. The maximum absolute atomic E-state index is 11.8. The first-order valence-corrected chi connectivity index (χ1v) is 6.36. The molecule has 106 valence electrons. The molecule has 5 nitrogen and oxygen atoms in total.